The van der Waals surface area contributed by atoms with E-state index in [1.54, 1.807) is 14.0 Å². The molecule has 0 aliphatic carbocycles. The number of nitro groups is 1. The summed E-state index contributed by atoms with van der Waals surface area (Å²) >= 11 is 0. The standard InChI is InChI=1S/C13H23N5O3/c1-6-17(7-2)8-9(3)14-13(19)11-12(18(20)21)10(4)16(5)15-11/h9H,6-8H2,1-5H3,(H,14,19)/t9-/m1/s1. The maximum Gasteiger partial charge on any atom is 0.322 e. The fourth-order valence-corrected chi connectivity index (χ4v) is 2.18. The molecule has 0 spiro atoms. The van der Waals surface area contributed by atoms with E-state index in [1.807, 2.05) is 20.8 Å². The lowest BCUT2D eigenvalue weighted by atomic mass is 10.2. The third kappa shape index (κ3) is 4.01. The van der Waals surface area contributed by atoms with Gasteiger partial charge >= 0.3 is 5.69 Å². The van der Waals surface area contributed by atoms with Gasteiger partial charge in [0, 0.05) is 19.6 Å². The molecule has 0 saturated heterocycles. The zero-order chi connectivity index (χ0) is 16.2. The Morgan fingerprint density at radius 1 is 1.48 bits per heavy atom. The largest absolute Gasteiger partial charge is 0.347 e. The molecule has 21 heavy (non-hydrogen) atoms. The maximum atomic E-state index is 12.2. The monoisotopic (exact) mass is 297 g/mol. The van der Waals surface area contributed by atoms with E-state index < -0.39 is 10.8 Å². The molecule has 0 bridgehead atoms. The van der Waals surface area contributed by atoms with E-state index in [0.717, 1.165) is 13.1 Å². The molecule has 1 heterocycles. The van der Waals surface area contributed by atoms with E-state index in [0.29, 0.717) is 12.2 Å². The fourth-order valence-electron chi connectivity index (χ4n) is 2.18. The first-order valence-electron chi connectivity index (χ1n) is 7.02. The van der Waals surface area contributed by atoms with Crippen LogP contribution in [0.15, 0.2) is 0 Å². The first-order chi connectivity index (χ1) is 9.81. The van der Waals surface area contributed by atoms with Crippen LogP contribution in [0.4, 0.5) is 5.69 Å². The van der Waals surface area contributed by atoms with Crippen molar-refractivity contribution in [1.82, 2.24) is 20.0 Å². The van der Waals surface area contributed by atoms with Crippen molar-refractivity contribution in [3.8, 4) is 0 Å². The average molecular weight is 297 g/mol. The second kappa shape index (κ2) is 7.16. The Morgan fingerprint density at radius 3 is 2.52 bits per heavy atom. The van der Waals surface area contributed by atoms with Gasteiger partial charge in [-0.3, -0.25) is 19.6 Å². The zero-order valence-corrected chi connectivity index (χ0v) is 13.2. The number of likely N-dealkylation sites (N-methyl/N-ethyl adjacent to an activating group) is 1. The minimum absolute atomic E-state index is 0.112. The minimum Gasteiger partial charge on any atom is -0.347 e. The molecule has 0 aromatic carbocycles. The predicted octanol–water partition coefficient (Wildman–Crippen LogP) is 1.10. The quantitative estimate of drug-likeness (QED) is 0.601. The number of carbonyl (C=O) groups is 1. The summed E-state index contributed by atoms with van der Waals surface area (Å²) in [6, 6.07) is -0.112. The number of nitrogens with one attached hydrogen (secondary N) is 1. The van der Waals surface area contributed by atoms with Crippen LogP contribution in [-0.4, -0.2) is 51.2 Å². The van der Waals surface area contributed by atoms with E-state index in [9.17, 15) is 14.9 Å². The Morgan fingerprint density at radius 2 is 2.05 bits per heavy atom. The summed E-state index contributed by atoms with van der Waals surface area (Å²) < 4.78 is 1.35. The fraction of sp³-hybridized carbons (Fsp3) is 0.692. The Labute approximate surface area is 124 Å². The Bertz CT molecular complexity index is 522. The summed E-state index contributed by atoms with van der Waals surface area (Å²) in [4.78, 5) is 24.9. The first-order valence-corrected chi connectivity index (χ1v) is 7.02. The van der Waals surface area contributed by atoms with Crippen LogP contribution in [0.3, 0.4) is 0 Å². The van der Waals surface area contributed by atoms with Gasteiger partial charge in [-0.25, -0.2) is 0 Å². The highest BCUT2D eigenvalue weighted by molar-refractivity contribution is 5.96. The average Bonchev–Trinajstić information content (AvgIpc) is 2.72. The van der Waals surface area contributed by atoms with Gasteiger partial charge in [-0.15, -0.1) is 0 Å². The molecule has 8 heteroatoms. The van der Waals surface area contributed by atoms with Crippen molar-refractivity contribution in [3.05, 3.63) is 21.5 Å². The summed E-state index contributed by atoms with van der Waals surface area (Å²) in [6.07, 6.45) is 0. The number of aromatic nitrogens is 2. The van der Waals surface area contributed by atoms with E-state index in [-0.39, 0.29) is 17.4 Å². The highest BCUT2D eigenvalue weighted by Crippen LogP contribution is 2.21. The lowest BCUT2D eigenvalue weighted by Crippen LogP contribution is -2.42. The number of hydrogen-bond acceptors (Lipinski definition) is 5. The van der Waals surface area contributed by atoms with Crippen molar-refractivity contribution in [1.29, 1.82) is 0 Å². The van der Waals surface area contributed by atoms with Crippen molar-refractivity contribution in [3.63, 3.8) is 0 Å². The third-order valence-corrected chi connectivity index (χ3v) is 3.50. The van der Waals surface area contributed by atoms with Crippen molar-refractivity contribution in [2.24, 2.45) is 7.05 Å². The summed E-state index contributed by atoms with van der Waals surface area (Å²) in [6.45, 7) is 10.0. The second-order valence-corrected chi connectivity index (χ2v) is 5.02. The Kier molecular flexibility index (Phi) is 5.83. The summed E-state index contributed by atoms with van der Waals surface area (Å²) in [5, 5.41) is 17.8. The van der Waals surface area contributed by atoms with Crippen molar-refractivity contribution >= 4 is 11.6 Å². The molecule has 0 fully saturated rings. The molecule has 1 aromatic heterocycles. The van der Waals surface area contributed by atoms with E-state index in [1.165, 1.54) is 4.68 Å². The lowest BCUT2D eigenvalue weighted by molar-refractivity contribution is -0.385. The third-order valence-electron chi connectivity index (χ3n) is 3.50. The van der Waals surface area contributed by atoms with Crippen LogP contribution in [-0.2, 0) is 7.05 Å². The molecule has 8 nitrogen and oxygen atoms in total. The summed E-state index contributed by atoms with van der Waals surface area (Å²) in [5.74, 6) is -0.509. The maximum absolute atomic E-state index is 12.2. The number of nitrogens with zero attached hydrogens (tertiary/aromatic N) is 4. The summed E-state index contributed by atoms with van der Waals surface area (Å²) in [5.41, 5.74) is -0.00187. The number of amides is 1. The molecule has 0 unspecified atom stereocenters. The molecular weight excluding hydrogens is 274 g/mol. The molecule has 1 amide bonds. The lowest BCUT2D eigenvalue weighted by Gasteiger charge is -2.23. The van der Waals surface area contributed by atoms with Gasteiger partial charge in [0.1, 0.15) is 5.69 Å². The molecule has 1 atom stereocenters. The smallest absolute Gasteiger partial charge is 0.322 e. The van der Waals surface area contributed by atoms with Gasteiger partial charge in [0.25, 0.3) is 5.91 Å². The van der Waals surface area contributed by atoms with Gasteiger partial charge in [-0.2, -0.15) is 5.10 Å². The van der Waals surface area contributed by atoms with Gasteiger partial charge < -0.3 is 10.2 Å². The highest BCUT2D eigenvalue weighted by atomic mass is 16.6. The van der Waals surface area contributed by atoms with Crippen molar-refractivity contribution in [2.75, 3.05) is 19.6 Å². The van der Waals surface area contributed by atoms with Crippen LogP contribution < -0.4 is 5.32 Å². The molecular formula is C13H23N5O3. The van der Waals surface area contributed by atoms with Gasteiger partial charge in [0.15, 0.2) is 0 Å². The minimum atomic E-state index is -0.563. The number of rotatable bonds is 7. The normalized spacial score (nSPS) is 12.5. The molecule has 0 aliphatic heterocycles. The van der Waals surface area contributed by atoms with Crippen LogP contribution in [0, 0.1) is 17.0 Å². The van der Waals surface area contributed by atoms with Gasteiger partial charge in [0.05, 0.1) is 4.92 Å². The molecule has 1 aromatic rings. The van der Waals surface area contributed by atoms with Crippen LogP contribution in [0.1, 0.15) is 37.0 Å². The van der Waals surface area contributed by atoms with E-state index in [4.69, 9.17) is 0 Å². The number of hydrogen-bond donors (Lipinski definition) is 1. The zero-order valence-electron chi connectivity index (χ0n) is 13.2. The molecule has 0 saturated carbocycles. The van der Waals surface area contributed by atoms with Gasteiger partial charge in [-0.1, -0.05) is 13.8 Å². The number of aryl methyl sites for hydroxylation is 1. The summed E-state index contributed by atoms with van der Waals surface area (Å²) in [7, 11) is 1.58. The van der Waals surface area contributed by atoms with Crippen LogP contribution >= 0.6 is 0 Å². The molecule has 118 valence electrons. The Balaban J connectivity index is 2.85. The van der Waals surface area contributed by atoms with Crippen molar-refractivity contribution < 1.29 is 9.72 Å². The number of carbonyl (C=O) groups excluding carboxylic acids is 1. The molecule has 0 aliphatic rings. The van der Waals surface area contributed by atoms with Crippen molar-refractivity contribution in [2.45, 2.75) is 33.7 Å². The van der Waals surface area contributed by atoms with Crippen LogP contribution in [0.2, 0.25) is 0 Å². The topological polar surface area (TPSA) is 93.3 Å². The SMILES string of the molecule is CCN(CC)C[C@@H](C)NC(=O)c1nn(C)c(C)c1[N+](=O)[O-]. The molecule has 0 radical (unpaired) electrons. The first kappa shape index (κ1) is 17.1. The predicted molar refractivity (Wildman–Crippen MR) is 79.3 cm³/mol. The highest BCUT2D eigenvalue weighted by Gasteiger charge is 2.29. The second-order valence-electron chi connectivity index (χ2n) is 5.02. The molecule has 1 N–H and O–H groups in total. The van der Waals surface area contributed by atoms with E-state index in [2.05, 4.69) is 15.3 Å². The van der Waals surface area contributed by atoms with Gasteiger partial charge in [0.2, 0.25) is 5.69 Å². The van der Waals surface area contributed by atoms with Crippen LogP contribution in [0.5, 0.6) is 0 Å². The molecule has 1 rings (SSSR count). The van der Waals surface area contributed by atoms with Crippen LogP contribution in [0.25, 0.3) is 0 Å². The van der Waals surface area contributed by atoms with Gasteiger partial charge in [-0.05, 0) is 26.9 Å². The Hall–Kier alpha value is -1.96. The van der Waals surface area contributed by atoms with E-state index >= 15 is 0 Å².